The summed E-state index contributed by atoms with van der Waals surface area (Å²) in [5.41, 5.74) is 3.90. The Morgan fingerprint density at radius 3 is 2.69 bits per heavy atom. The molecule has 0 radical (unpaired) electrons. The van der Waals surface area contributed by atoms with Crippen LogP contribution in [0.2, 0.25) is 0 Å². The summed E-state index contributed by atoms with van der Waals surface area (Å²) in [6.07, 6.45) is 0. The van der Waals surface area contributed by atoms with Crippen LogP contribution >= 0.6 is 11.3 Å². The Morgan fingerprint density at radius 1 is 1.27 bits per heavy atom. The first-order chi connectivity index (χ1) is 12.3. The normalized spacial score (nSPS) is 12.2. The second-order valence-corrected chi connectivity index (χ2v) is 7.50. The number of rotatable bonds is 5. The minimum absolute atomic E-state index is 0.110. The number of esters is 1. The summed E-state index contributed by atoms with van der Waals surface area (Å²) in [6, 6.07) is 5.40. The Labute approximate surface area is 155 Å². The summed E-state index contributed by atoms with van der Waals surface area (Å²) in [4.78, 5) is 32.2. The van der Waals surface area contributed by atoms with Crippen LogP contribution in [-0.4, -0.2) is 34.9 Å². The molecule has 2 N–H and O–H groups in total. The number of fused-ring (bicyclic) bond motifs is 1. The van der Waals surface area contributed by atoms with E-state index in [1.807, 2.05) is 25.1 Å². The van der Waals surface area contributed by atoms with Crippen LogP contribution in [0.5, 0.6) is 0 Å². The Morgan fingerprint density at radius 2 is 2.00 bits per heavy atom. The van der Waals surface area contributed by atoms with Crippen molar-refractivity contribution in [2.24, 2.45) is 0 Å². The quantitative estimate of drug-likeness (QED) is 0.523. The molecule has 0 spiro atoms. The molecule has 2 heterocycles. The first-order valence-corrected chi connectivity index (χ1v) is 9.09. The van der Waals surface area contributed by atoms with Gasteiger partial charge in [0.1, 0.15) is 0 Å². The molecule has 0 unspecified atom stereocenters. The van der Waals surface area contributed by atoms with Gasteiger partial charge >= 0.3 is 5.97 Å². The van der Waals surface area contributed by atoms with Gasteiger partial charge in [0.15, 0.2) is 0 Å². The molecule has 0 aliphatic carbocycles. The number of nitrogens with one attached hydrogen (secondary N) is 2. The lowest BCUT2D eigenvalue weighted by molar-refractivity contribution is 0.0599. The molecule has 0 saturated heterocycles. The fourth-order valence-corrected chi connectivity index (χ4v) is 3.93. The lowest BCUT2D eigenvalue weighted by atomic mass is 10.0. The summed E-state index contributed by atoms with van der Waals surface area (Å²) >= 11 is 1.62. The standard InChI is InChI=1S/C19H21N3O3S/c1-9-16(19(24)25-5)10(2)21-17(9)18(23)11(3)20-13-6-7-14-15(8-13)26-12(4)22-14/h6-8,11,20-21H,1-5H3/t11-/m1/s1. The highest BCUT2D eigenvalue weighted by Crippen LogP contribution is 2.26. The van der Waals surface area contributed by atoms with Crippen molar-refractivity contribution >= 4 is 39.0 Å². The molecule has 6 nitrogen and oxygen atoms in total. The number of ether oxygens (including phenoxy) is 1. The van der Waals surface area contributed by atoms with Crippen LogP contribution in [0, 0.1) is 20.8 Å². The molecule has 1 aromatic carbocycles. The Bertz CT molecular complexity index is 1000. The van der Waals surface area contributed by atoms with Crippen LogP contribution in [0.25, 0.3) is 10.2 Å². The van der Waals surface area contributed by atoms with E-state index in [0.29, 0.717) is 22.5 Å². The van der Waals surface area contributed by atoms with Crippen molar-refractivity contribution in [3.8, 4) is 0 Å². The number of methoxy groups -OCH3 is 1. The lowest BCUT2D eigenvalue weighted by Gasteiger charge is -2.14. The number of anilines is 1. The highest BCUT2D eigenvalue weighted by atomic mass is 32.1. The number of ketones is 1. The number of carbonyl (C=O) groups excluding carboxylic acids is 2. The fourth-order valence-electron chi connectivity index (χ4n) is 3.07. The number of hydrogen-bond donors (Lipinski definition) is 2. The fraction of sp³-hybridized carbons (Fsp3) is 0.316. The average Bonchev–Trinajstić information content (AvgIpc) is 3.11. The predicted octanol–water partition coefficient (Wildman–Crippen LogP) is 4.02. The Kier molecular flexibility index (Phi) is 4.82. The second kappa shape index (κ2) is 6.92. The van der Waals surface area contributed by atoms with Crippen molar-refractivity contribution in [3.05, 3.63) is 45.7 Å². The molecule has 7 heteroatoms. The number of aromatic nitrogens is 2. The molecular formula is C19H21N3O3S. The van der Waals surface area contributed by atoms with Gasteiger partial charge in [-0.1, -0.05) is 0 Å². The predicted molar refractivity (Wildman–Crippen MR) is 103 cm³/mol. The monoisotopic (exact) mass is 371 g/mol. The molecule has 0 amide bonds. The number of carbonyl (C=O) groups is 2. The van der Waals surface area contributed by atoms with Gasteiger partial charge in [-0.2, -0.15) is 0 Å². The van der Waals surface area contributed by atoms with Crippen molar-refractivity contribution < 1.29 is 14.3 Å². The molecule has 0 bridgehead atoms. The van der Waals surface area contributed by atoms with E-state index in [4.69, 9.17) is 4.74 Å². The van der Waals surface area contributed by atoms with Gasteiger partial charge in [-0.15, -0.1) is 11.3 Å². The first kappa shape index (κ1) is 18.1. The van der Waals surface area contributed by atoms with Crippen LogP contribution in [0.1, 0.15) is 44.0 Å². The summed E-state index contributed by atoms with van der Waals surface area (Å²) in [5, 5.41) is 4.24. The summed E-state index contributed by atoms with van der Waals surface area (Å²) in [5.74, 6) is -0.553. The maximum atomic E-state index is 12.9. The molecule has 0 fully saturated rings. The number of aromatic amines is 1. The number of nitrogens with zero attached hydrogens (tertiary/aromatic N) is 1. The zero-order chi connectivity index (χ0) is 19.0. The van der Waals surface area contributed by atoms with Crippen molar-refractivity contribution in [3.63, 3.8) is 0 Å². The van der Waals surface area contributed by atoms with E-state index in [1.165, 1.54) is 7.11 Å². The van der Waals surface area contributed by atoms with Crippen LogP contribution in [-0.2, 0) is 4.74 Å². The Balaban J connectivity index is 1.84. The number of hydrogen-bond acceptors (Lipinski definition) is 6. The maximum Gasteiger partial charge on any atom is 0.339 e. The maximum absolute atomic E-state index is 12.9. The van der Waals surface area contributed by atoms with Gasteiger partial charge in [0.2, 0.25) is 5.78 Å². The van der Waals surface area contributed by atoms with Gasteiger partial charge in [0.25, 0.3) is 0 Å². The number of thiazole rings is 1. The van der Waals surface area contributed by atoms with Crippen LogP contribution in [0.3, 0.4) is 0 Å². The smallest absolute Gasteiger partial charge is 0.339 e. The first-order valence-electron chi connectivity index (χ1n) is 8.27. The topological polar surface area (TPSA) is 84.1 Å². The van der Waals surface area contributed by atoms with E-state index in [0.717, 1.165) is 20.9 Å². The molecular weight excluding hydrogens is 350 g/mol. The lowest BCUT2D eigenvalue weighted by Crippen LogP contribution is -2.27. The summed E-state index contributed by atoms with van der Waals surface area (Å²) in [7, 11) is 1.33. The minimum Gasteiger partial charge on any atom is -0.465 e. The van der Waals surface area contributed by atoms with Crippen LogP contribution < -0.4 is 5.32 Å². The highest BCUT2D eigenvalue weighted by Gasteiger charge is 2.25. The van der Waals surface area contributed by atoms with Gasteiger partial charge in [0.05, 0.1) is 39.6 Å². The molecule has 136 valence electrons. The van der Waals surface area contributed by atoms with Gasteiger partial charge in [-0.25, -0.2) is 9.78 Å². The van der Waals surface area contributed by atoms with Crippen molar-refractivity contribution in [2.75, 3.05) is 12.4 Å². The number of benzene rings is 1. The van der Waals surface area contributed by atoms with Gasteiger partial charge in [-0.05, 0) is 51.5 Å². The molecule has 3 rings (SSSR count). The largest absolute Gasteiger partial charge is 0.465 e. The molecule has 2 aromatic heterocycles. The number of Topliss-reactive ketones (excluding diaryl/α,β-unsaturated/α-hetero) is 1. The molecule has 0 saturated carbocycles. The zero-order valence-electron chi connectivity index (χ0n) is 15.4. The summed E-state index contributed by atoms with van der Waals surface area (Å²) in [6.45, 7) is 7.28. The third-order valence-electron chi connectivity index (χ3n) is 4.35. The molecule has 0 aliphatic heterocycles. The Hall–Kier alpha value is -2.67. The van der Waals surface area contributed by atoms with E-state index in [-0.39, 0.29) is 5.78 Å². The SMILES string of the molecule is COC(=O)c1c(C)[nH]c(C(=O)[C@@H](C)Nc2ccc3nc(C)sc3c2)c1C. The van der Waals surface area contributed by atoms with E-state index in [9.17, 15) is 9.59 Å². The highest BCUT2D eigenvalue weighted by molar-refractivity contribution is 7.18. The molecule has 3 aromatic rings. The third kappa shape index (κ3) is 3.22. The van der Waals surface area contributed by atoms with E-state index in [1.54, 1.807) is 32.1 Å². The van der Waals surface area contributed by atoms with E-state index < -0.39 is 12.0 Å². The zero-order valence-corrected chi connectivity index (χ0v) is 16.2. The molecule has 26 heavy (non-hydrogen) atoms. The van der Waals surface area contributed by atoms with E-state index in [2.05, 4.69) is 15.3 Å². The second-order valence-electron chi connectivity index (χ2n) is 6.26. The van der Waals surface area contributed by atoms with E-state index >= 15 is 0 Å². The van der Waals surface area contributed by atoms with Crippen LogP contribution in [0.4, 0.5) is 5.69 Å². The third-order valence-corrected chi connectivity index (χ3v) is 5.28. The van der Waals surface area contributed by atoms with Crippen molar-refractivity contribution in [1.82, 2.24) is 9.97 Å². The summed E-state index contributed by atoms with van der Waals surface area (Å²) < 4.78 is 5.88. The molecule has 0 aliphatic rings. The minimum atomic E-state index is -0.455. The van der Waals surface area contributed by atoms with Crippen LogP contribution in [0.15, 0.2) is 18.2 Å². The molecule has 1 atom stereocenters. The average molecular weight is 371 g/mol. The van der Waals surface area contributed by atoms with Gasteiger partial charge in [-0.3, -0.25) is 4.79 Å². The number of H-pyrrole nitrogens is 1. The van der Waals surface area contributed by atoms with Crippen molar-refractivity contribution in [1.29, 1.82) is 0 Å². The number of aryl methyl sites for hydroxylation is 2. The van der Waals surface area contributed by atoms with Crippen molar-refractivity contribution in [2.45, 2.75) is 33.7 Å². The van der Waals surface area contributed by atoms with Gasteiger partial charge < -0.3 is 15.0 Å². The van der Waals surface area contributed by atoms with Gasteiger partial charge in [0, 0.05) is 11.4 Å².